The summed E-state index contributed by atoms with van der Waals surface area (Å²) in [5.41, 5.74) is 0.768. The number of anilines is 1. The Morgan fingerprint density at radius 2 is 2.21 bits per heavy atom. The number of hydrogen-bond donors (Lipinski definition) is 1. The van der Waals surface area contributed by atoms with E-state index in [0.29, 0.717) is 25.0 Å². The third-order valence-electron chi connectivity index (χ3n) is 4.55. The van der Waals surface area contributed by atoms with Crippen LogP contribution >= 0.6 is 0 Å². The minimum Gasteiger partial charge on any atom is -0.478 e. The number of aryl methyl sites for hydroxylation is 1. The lowest BCUT2D eigenvalue weighted by Crippen LogP contribution is -2.48. The molecule has 5 heteroatoms. The second-order valence-electron chi connectivity index (χ2n) is 6.71. The van der Waals surface area contributed by atoms with Crippen LogP contribution < -0.4 is 10.1 Å². The van der Waals surface area contributed by atoms with E-state index in [4.69, 9.17) is 9.47 Å². The van der Waals surface area contributed by atoms with E-state index >= 15 is 0 Å². The number of carbonyl (C=O) groups excluding carboxylic acids is 1. The van der Waals surface area contributed by atoms with Crippen LogP contribution in [0.3, 0.4) is 0 Å². The van der Waals surface area contributed by atoms with Gasteiger partial charge in [0, 0.05) is 12.7 Å². The highest BCUT2D eigenvalue weighted by Crippen LogP contribution is 2.36. The predicted octanol–water partition coefficient (Wildman–Crippen LogP) is 4.10. The molecule has 0 saturated heterocycles. The van der Waals surface area contributed by atoms with Crippen molar-refractivity contribution in [2.75, 3.05) is 18.5 Å². The lowest BCUT2D eigenvalue weighted by atomic mass is 9.78. The highest BCUT2D eigenvalue weighted by atomic mass is 16.5. The third-order valence-corrected chi connectivity index (χ3v) is 4.55. The number of carbonyl (C=O) groups is 1. The molecule has 0 aromatic carbocycles. The number of nitrogens with zero attached hydrogens (tertiary/aromatic N) is 1. The molecule has 0 spiro atoms. The molecule has 1 aliphatic rings. The molecule has 5 nitrogen and oxygen atoms in total. The van der Waals surface area contributed by atoms with Crippen molar-refractivity contribution in [3.8, 4) is 5.88 Å². The fraction of sp³-hybridized carbons (Fsp3) is 0.684. The summed E-state index contributed by atoms with van der Waals surface area (Å²) in [6.07, 6.45) is 4.67. The molecule has 1 aromatic heterocycles. The van der Waals surface area contributed by atoms with E-state index < -0.39 is 5.60 Å². The van der Waals surface area contributed by atoms with Crippen molar-refractivity contribution in [3.63, 3.8) is 0 Å². The van der Waals surface area contributed by atoms with E-state index in [1.807, 2.05) is 19.9 Å². The van der Waals surface area contributed by atoms with Crippen molar-refractivity contribution in [2.45, 2.75) is 65.4 Å². The number of hydrogen-bond acceptors (Lipinski definition) is 4. The molecular formula is C19H30N2O3. The van der Waals surface area contributed by atoms with Gasteiger partial charge < -0.3 is 14.8 Å². The van der Waals surface area contributed by atoms with Gasteiger partial charge in [0.05, 0.1) is 18.0 Å². The van der Waals surface area contributed by atoms with Gasteiger partial charge in [-0.25, -0.2) is 4.98 Å². The van der Waals surface area contributed by atoms with Crippen LogP contribution in [0.25, 0.3) is 0 Å². The van der Waals surface area contributed by atoms with Gasteiger partial charge in [0.2, 0.25) is 5.88 Å². The van der Waals surface area contributed by atoms with Crippen LogP contribution in [0.5, 0.6) is 5.88 Å². The zero-order valence-corrected chi connectivity index (χ0v) is 15.4. The Bertz CT molecular complexity index is 558. The minimum atomic E-state index is -0.712. The molecule has 2 unspecified atom stereocenters. The second-order valence-corrected chi connectivity index (χ2v) is 6.71. The van der Waals surface area contributed by atoms with Crippen LogP contribution in [0.2, 0.25) is 0 Å². The number of ether oxygens (including phenoxy) is 2. The largest absolute Gasteiger partial charge is 0.478 e. The maximum atomic E-state index is 12.9. The summed E-state index contributed by atoms with van der Waals surface area (Å²) in [5.74, 6) is 1.04. The van der Waals surface area contributed by atoms with Crippen molar-refractivity contribution in [2.24, 2.45) is 5.92 Å². The van der Waals surface area contributed by atoms with Gasteiger partial charge in [0.25, 0.3) is 5.91 Å². The number of pyridine rings is 1. The van der Waals surface area contributed by atoms with Crippen LogP contribution in [0.15, 0.2) is 12.1 Å². The van der Waals surface area contributed by atoms with Gasteiger partial charge in [0.15, 0.2) is 0 Å². The topological polar surface area (TPSA) is 60.5 Å². The van der Waals surface area contributed by atoms with E-state index in [0.717, 1.165) is 43.5 Å². The van der Waals surface area contributed by atoms with Crippen molar-refractivity contribution in [3.05, 3.63) is 17.8 Å². The molecular weight excluding hydrogens is 304 g/mol. The maximum Gasteiger partial charge on any atom is 0.256 e. The minimum absolute atomic E-state index is 0.0528. The summed E-state index contributed by atoms with van der Waals surface area (Å²) in [4.78, 5) is 17.4. The van der Waals surface area contributed by atoms with E-state index in [9.17, 15) is 4.79 Å². The quantitative estimate of drug-likeness (QED) is 0.815. The first-order valence-corrected chi connectivity index (χ1v) is 9.06. The Balaban J connectivity index is 2.11. The Morgan fingerprint density at radius 1 is 1.42 bits per heavy atom. The Kier molecular flexibility index (Phi) is 6.60. The Hall–Kier alpha value is -1.62. The molecule has 2 atom stereocenters. The van der Waals surface area contributed by atoms with Crippen LogP contribution in [0, 0.1) is 12.8 Å². The van der Waals surface area contributed by atoms with E-state index in [-0.39, 0.29) is 5.91 Å². The van der Waals surface area contributed by atoms with Gasteiger partial charge in [-0.2, -0.15) is 0 Å². The average Bonchev–Trinajstić information content (AvgIpc) is 2.55. The van der Waals surface area contributed by atoms with Gasteiger partial charge in [0.1, 0.15) is 5.60 Å². The standard InChI is InChI=1S/C19H30N2O3/c1-5-12-23-17-10-9-16(15(4)20-17)21-18(22)19(24-6-2)11-7-8-14(3)13-19/h9-10,14H,5-8,11-13H2,1-4H3,(H,21,22). The molecule has 0 aliphatic heterocycles. The zero-order chi connectivity index (χ0) is 17.6. The SMILES string of the molecule is CCCOc1ccc(NC(=O)C2(OCC)CCCC(C)C2)c(C)n1. The van der Waals surface area contributed by atoms with Crippen molar-refractivity contribution < 1.29 is 14.3 Å². The monoisotopic (exact) mass is 334 g/mol. The summed E-state index contributed by atoms with van der Waals surface area (Å²) in [7, 11) is 0. The van der Waals surface area contributed by atoms with Crippen LogP contribution in [-0.2, 0) is 9.53 Å². The Labute approximate surface area is 145 Å². The normalized spacial score (nSPS) is 23.8. The molecule has 24 heavy (non-hydrogen) atoms. The van der Waals surface area contributed by atoms with Gasteiger partial charge in [-0.1, -0.05) is 20.3 Å². The summed E-state index contributed by atoms with van der Waals surface area (Å²) >= 11 is 0. The van der Waals surface area contributed by atoms with Crippen LogP contribution in [0.4, 0.5) is 5.69 Å². The second kappa shape index (κ2) is 8.47. The molecule has 1 N–H and O–H groups in total. The van der Waals surface area contributed by atoms with Crippen molar-refractivity contribution >= 4 is 11.6 Å². The number of amides is 1. The van der Waals surface area contributed by atoms with Crippen molar-refractivity contribution in [1.29, 1.82) is 0 Å². The van der Waals surface area contributed by atoms with Crippen LogP contribution in [0.1, 0.15) is 58.6 Å². The fourth-order valence-corrected chi connectivity index (χ4v) is 3.38. The fourth-order valence-electron chi connectivity index (χ4n) is 3.38. The summed E-state index contributed by atoms with van der Waals surface area (Å²) in [6, 6.07) is 3.66. The summed E-state index contributed by atoms with van der Waals surface area (Å²) in [5, 5.41) is 3.03. The number of rotatable bonds is 7. The average molecular weight is 334 g/mol. The zero-order valence-electron chi connectivity index (χ0n) is 15.4. The molecule has 134 valence electrons. The highest BCUT2D eigenvalue weighted by Gasteiger charge is 2.42. The summed E-state index contributed by atoms with van der Waals surface area (Å²) < 4.78 is 11.5. The van der Waals surface area contributed by atoms with Crippen molar-refractivity contribution in [1.82, 2.24) is 4.98 Å². The van der Waals surface area contributed by atoms with Gasteiger partial charge in [-0.05, 0) is 51.5 Å². The van der Waals surface area contributed by atoms with E-state index in [1.165, 1.54) is 0 Å². The molecule has 2 rings (SSSR count). The lowest BCUT2D eigenvalue weighted by Gasteiger charge is -2.38. The van der Waals surface area contributed by atoms with Gasteiger partial charge in [-0.15, -0.1) is 0 Å². The smallest absolute Gasteiger partial charge is 0.256 e. The maximum absolute atomic E-state index is 12.9. The molecule has 1 heterocycles. The molecule has 1 aliphatic carbocycles. The highest BCUT2D eigenvalue weighted by molar-refractivity contribution is 5.97. The molecule has 0 radical (unpaired) electrons. The molecule has 1 saturated carbocycles. The molecule has 1 fully saturated rings. The lowest BCUT2D eigenvalue weighted by molar-refractivity contribution is -0.147. The van der Waals surface area contributed by atoms with E-state index in [1.54, 1.807) is 6.07 Å². The van der Waals surface area contributed by atoms with Gasteiger partial charge in [-0.3, -0.25) is 4.79 Å². The third kappa shape index (κ3) is 4.47. The predicted molar refractivity (Wildman–Crippen MR) is 95.4 cm³/mol. The number of nitrogens with one attached hydrogen (secondary N) is 1. The first kappa shape index (κ1) is 18.7. The first-order chi connectivity index (χ1) is 11.5. The van der Waals surface area contributed by atoms with E-state index in [2.05, 4.69) is 24.1 Å². The summed E-state index contributed by atoms with van der Waals surface area (Å²) in [6.45, 7) is 9.25. The van der Waals surface area contributed by atoms with Crippen LogP contribution in [-0.4, -0.2) is 29.7 Å². The first-order valence-electron chi connectivity index (χ1n) is 9.06. The number of aromatic nitrogens is 1. The Morgan fingerprint density at radius 3 is 2.83 bits per heavy atom. The van der Waals surface area contributed by atoms with Gasteiger partial charge >= 0.3 is 0 Å². The molecule has 1 aromatic rings. The molecule has 0 bridgehead atoms. The molecule has 1 amide bonds.